The van der Waals surface area contributed by atoms with Crippen molar-refractivity contribution in [3.05, 3.63) is 65.6 Å². The van der Waals surface area contributed by atoms with Crippen molar-refractivity contribution in [3.8, 4) is 23.1 Å². The number of anilines is 1. The van der Waals surface area contributed by atoms with E-state index in [-0.39, 0.29) is 0 Å². The zero-order valence-corrected chi connectivity index (χ0v) is 12.9. The third kappa shape index (κ3) is 3.33. The van der Waals surface area contributed by atoms with Gasteiger partial charge in [-0.15, -0.1) is 0 Å². The van der Waals surface area contributed by atoms with Crippen LogP contribution in [-0.4, -0.2) is 19.9 Å². The predicted molar refractivity (Wildman–Crippen MR) is 89.4 cm³/mol. The van der Waals surface area contributed by atoms with Crippen LogP contribution in [0.3, 0.4) is 0 Å². The third-order valence-electron chi connectivity index (χ3n) is 3.30. The lowest BCUT2D eigenvalue weighted by atomic mass is 10.0. The van der Waals surface area contributed by atoms with E-state index in [9.17, 15) is 0 Å². The molecule has 0 bridgehead atoms. The molecule has 3 rings (SSSR count). The third-order valence-corrected chi connectivity index (χ3v) is 3.30. The first kappa shape index (κ1) is 14.7. The summed E-state index contributed by atoms with van der Waals surface area (Å²) in [6.45, 7) is 3.86. The lowest BCUT2D eigenvalue weighted by molar-refractivity contribution is 1.09. The molecule has 5 nitrogen and oxygen atoms in total. The average Bonchev–Trinajstić information content (AvgIpc) is 2.53. The van der Waals surface area contributed by atoms with E-state index in [0.29, 0.717) is 5.69 Å². The van der Waals surface area contributed by atoms with E-state index < -0.39 is 0 Å². The molecule has 0 aliphatic carbocycles. The standard InChI is InChI=1S/C18H15N5/c1-12-7-15(5-6-21-12)18-17(13(2)22-11-23-18)4-3-14-8-16(19)10-20-9-14/h5-11H,19H2,1-2H3. The van der Waals surface area contributed by atoms with Gasteiger partial charge in [-0.2, -0.15) is 0 Å². The van der Waals surface area contributed by atoms with Crippen molar-refractivity contribution in [2.45, 2.75) is 13.8 Å². The maximum Gasteiger partial charge on any atom is 0.116 e. The summed E-state index contributed by atoms with van der Waals surface area (Å²) >= 11 is 0. The van der Waals surface area contributed by atoms with Crippen molar-refractivity contribution in [3.63, 3.8) is 0 Å². The molecule has 0 aromatic carbocycles. The Morgan fingerprint density at radius 2 is 1.87 bits per heavy atom. The van der Waals surface area contributed by atoms with Crippen LogP contribution in [0.5, 0.6) is 0 Å². The van der Waals surface area contributed by atoms with Crippen LogP contribution in [0.1, 0.15) is 22.5 Å². The highest BCUT2D eigenvalue weighted by Gasteiger charge is 2.09. The van der Waals surface area contributed by atoms with Gasteiger partial charge >= 0.3 is 0 Å². The SMILES string of the molecule is Cc1cc(-c2ncnc(C)c2C#Cc2cncc(N)c2)ccn1. The number of hydrogen-bond donors (Lipinski definition) is 1. The van der Waals surface area contributed by atoms with Gasteiger partial charge in [0.15, 0.2) is 0 Å². The normalized spacial score (nSPS) is 10.0. The second-order valence-electron chi connectivity index (χ2n) is 5.13. The summed E-state index contributed by atoms with van der Waals surface area (Å²) < 4.78 is 0. The molecule has 23 heavy (non-hydrogen) atoms. The fourth-order valence-electron chi connectivity index (χ4n) is 2.20. The van der Waals surface area contributed by atoms with Crippen molar-refractivity contribution >= 4 is 5.69 Å². The molecule has 0 unspecified atom stereocenters. The van der Waals surface area contributed by atoms with Gasteiger partial charge < -0.3 is 5.73 Å². The Kier molecular flexibility index (Phi) is 3.98. The Labute approximate surface area is 134 Å². The second-order valence-corrected chi connectivity index (χ2v) is 5.13. The van der Waals surface area contributed by atoms with Gasteiger partial charge in [-0.1, -0.05) is 11.8 Å². The van der Waals surface area contributed by atoms with Crippen LogP contribution in [0.2, 0.25) is 0 Å². The minimum Gasteiger partial charge on any atom is -0.397 e. The van der Waals surface area contributed by atoms with Crippen LogP contribution >= 0.6 is 0 Å². The van der Waals surface area contributed by atoms with Gasteiger partial charge in [-0.3, -0.25) is 9.97 Å². The smallest absolute Gasteiger partial charge is 0.116 e. The first-order chi connectivity index (χ1) is 11.1. The summed E-state index contributed by atoms with van der Waals surface area (Å²) in [5.41, 5.74) is 11.4. The molecule has 3 heterocycles. The molecular weight excluding hydrogens is 286 g/mol. The van der Waals surface area contributed by atoms with E-state index >= 15 is 0 Å². The highest BCUT2D eigenvalue weighted by molar-refractivity contribution is 5.68. The van der Waals surface area contributed by atoms with Gasteiger partial charge in [-0.25, -0.2) is 9.97 Å². The Morgan fingerprint density at radius 3 is 2.65 bits per heavy atom. The molecule has 112 valence electrons. The summed E-state index contributed by atoms with van der Waals surface area (Å²) in [7, 11) is 0. The number of nitrogen functional groups attached to an aromatic ring is 1. The van der Waals surface area contributed by atoms with Crippen LogP contribution in [-0.2, 0) is 0 Å². The van der Waals surface area contributed by atoms with Crippen LogP contribution in [0, 0.1) is 25.7 Å². The maximum atomic E-state index is 5.73. The van der Waals surface area contributed by atoms with Crippen molar-refractivity contribution in [2.24, 2.45) is 0 Å². The van der Waals surface area contributed by atoms with E-state index in [1.165, 1.54) is 0 Å². The molecule has 3 aromatic heterocycles. The number of nitrogens with zero attached hydrogens (tertiary/aromatic N) is 4. The molecule has 3 aromatic rings. The molecule has 0 radical (unpaired) electrons. The molecule has 0 amide bonds. The van der Waals surface area contributed by atoms with Crippen LogP contribution in [0.4, 0.5) is 5.69 Å². The van der Waals surface area contributed by atoms with E-state index in [1.807, 2.05) is 26.0 Å². The van der Waals surface area contributed by atoms with E-state index in [2.05, 4.69) is 31.8 Å². The number of aryl methyl sites for hydroxylation is 2. The molecule has 0 atom stereocenters. The molecule has 0 fully saturated rings. The number of hydrogen-bond acceptors (Lipinski definition) is 5. The molecule has 0 aliphatic rings. The van der Waals surface area contributed by atoms with E-state index in [0.717, 1.165) is 33.8 Å². The van der Waals surface area contributed by atoms with Crippen molar-refractivity contribution in [2.75, 3.05) is 5.73 Å². The summed E-state index contributed by atoms with van der Waals surface area (Å²) in [5.74, 6) is 6.23. The number of aromatic nitrogens is 4. The summed E-state index contributed by atoms with van der Waals surface area (Å²) in [6, 6.07) is 5.69. The number of pyridine rings is 2. The lowest BCUT2D eigenvalue weighted by Crippen LogP contribution is -1.96. The summed E-state index contributed by atoms with van der Waals surface area (Å²) in [4.78, 5) is 16.9. The van der Waals surface area contributed by atoms with Gasteiger partial charge in [0.25, 0.3) is 0 Å². The molecule has 2 N–H and O–H groups in total. The zero-order valence-electron chi connectivity index (χ0n) is 12.9. The molecular formula is C18H15N5. The Morgan fingerprint density at radius 1 is 1.00 bits per heavy atom. The molecule has 0 saturated heterocycles. The fraction of sp³-hybridized carbons (Fsp3) is 0.111. The highest BCUT2D eigenvalue weighted by Crippen LogP contribution is 2.22. The Bertz CT molecular complexity index is 922. The van der Waals surface area contributed by atoms with Gasteiger partial charge in [0.2, 0.25) is 0 Å². The molecule has 0 saturated carbocycles. The molecule has 0 spiro atoms. The lowest BCUT2D eigenvalue weighted by Gasteiger charge is -2.06. The Hall–Kier alpha value is -3.26. The molecule has 0 aliphatic heterocycles. The monoisotopic (exact) mass is 301 g/mol. The van der Waals surface area contributed by atoms with Gasteiger partial charge in [0.05, 0.1) is 22.6 Å². The fourth-order valence-corrected chi connectivity index (χ4v) is 2.20. The van der Waals surface area contributed by atoms with Crippen molar-refractivity contribution < 1.29 is 0 Å². The average molecular weight is 301 g/mol. The van der Waals surface area contributed by atoms with Gasteiger partial charge in [0, 0.05) is 35.4 Å². The van der Waals surface area contributed by atoms with Crippen molar-refractivity contribution in [1.82, 2.24) is 19.9 Å². The van der Waals surface area contributed by atoms with Crippen molar-refractivity contribution in [1.29, 1.82) is 0 Å². The number of nitrogens with two attached hydrogens (primary N) is 1. The highest BCUT2D eigenvalue weighted by atomic mass is 14.8. The van der Waals surface area contributed by atoms with E-state index in [4.69, 9.17) is 5.73 Å². The summed E-state index contributed by atoms with van der Waals surface area (Å²) in [6.07, 6.45) is 6.58. The maximum absolute atomic E-state index is 5.73. The first-order valence-corrected chi connectivity index (χ1v) is 7.10. The quantitative estimate of drug-likeness (QED) is 0.699. The molecule has 5 heteroatoms. The largest absolute Gasteiger partial charge is 0.397 e. The topological polar surface area (TPSA) is 77.6 Å². The van der Waals surface area contributed by atoms with Gasteiger partial charge in [0.1, 0.15) is 6.33 Å². The Balaban J connectivity index is 2.10. The van der Waals surface area contributed by atoms with Crippen LogP contribution < -0.4 is 5.73 Å². The van der Waals surface area contributed by atoms with Crippen LogP contribution in [0.15, 0.2) is 43.1 Å². The predicted octanol–water partition coefficient (Wildman–Crippen LogP) is 2.53. The first-order valence-electron chi connectivity index (χ1n) is 7.10. The zero-order chi connectivity index (χ0) is 16.2. The minimum atomic E-state index is 0.586. The second kappa shape index (κ2) is 6.24. The van der Waals surface area contributed by atoms with Gasteiger partial charge in [-0.05, 0) is 32.0 Å². The number of rotatable bonds is 1. The van der Waals surface area contributed by atoms with Crippen LogP contribution in [0.25, 0.3) is 11.3 Å². The minimum absolute atomic E-state index is 0.586. The van der Waals surface area contributed by atoms with E-state index in [1.54, 1.807) is 31.0 Å². The summed E-state index contributed by atoms with van der Waals surface area (Å²) in [5, 5.41) is 0.